The van der Waals surface area contributed by atoms with Crippen molar-refractivity contribution in [3.05, 3.63) is 0 Å². The van der Waals surface area contributed by atoms with Gasteiger partial charge in [0.15, 0.2) is 12.1 Å². The van der Waals surface area contributed by atoms with Gasteiger partial charge < -0.3 is 44.0 Å². The maximum atomic E-state index is 14.3. The molecule has 2 aliphatic heterocycles. The van der Waals surface area contributed by atoms with Crippen molar-refractivity contribution in [2.24, 2.45) is 28.8 Å². The minimum Gasteiger partial charge on any atom is -0.459 e. The van der Waals surface area contributed by atoms with Gasteiger partial charge >= 0.3 is 5.97 Å². The summed E-state index contributed by atoms with van der Waals surface area (Å²) in [5.41, 5.74) is -2.57. The molecule has 316 valence electrons. The zero-order chi connectivity index (χ0) is 41.4. The highest BCUT2D eigenvalue weighted by molar-refractivity contribution is 6.00. The molecule has 55 heavy (non-hydrogen) atoms. The van der Waals surface area contributed by atoms with Gasteiger partial charge in [-0.2, -0.15) is 0 Å². The zero-order valence-corrected chi connectivity index (χ0v) is 35.7. The Labute approximate surface area is 330 Å². The van der Waals surface area contributed by atoms with E-state index in [0.29, 0.717) is 31.1 Å². The van der Waals surface area contributed by atoms with Gasteiger partial charge in [0, 0.05) is 49.9 Å². The predicted molar refractivity (Wildman–Crippen MR) is 211 cm³/mol. The second-order valence-electron chi connectivity index (χ2n) is 17.1. The lowest BCUT2D eigenvalue weighted by Crippen LogP contribution is -2.60. The van der Waals surface area contributed by atoms with Gasteiger partial charge in [0.2, 0.25) is 0 Å². The Morgan fingerprint density at radius 1 is 1.02 bits per heavy atom. The maximum absolute atomic E-state index is 14.3. The van der Waals surface area contributed by atoms with Crippen LogP contribution in [0.25, 0.3) is 0 Å². The van der Waals surface area contributed by atoms with Crippen molar-refractivity contribution in [1.29, 1.82) is 0 Å². The highest BCUT2D eigenvalue weighted by Gasteiger charge is 2.52. The summed E-state index contributed by atoms with van der Waals surface area (Å²) in [6, 6.07) is 0.136. The molecular formula is C42H73N3O10. The van der Waals surface area contributed by atoms with E-state index < -0.39 is 77.3 Å². The molecule has 1 saturated carbocycles. The molecule has 2 saturated heterocycles. The molecule has 3 N–H and O–H groups in total. The Hall–Kier alpha value is -2.15. The van der Waals surface area contributed by atoms with Crippen LogP contribution in [0, 0.1) is 36.0 Å². The van der Waals surface area contributed by atoms with Crippen LogP contribution in [0.15, 0.2) is 5.16 Å². The minimum atomic E-state index is -1.85. The van der Waals surface area contributed by atoms with E-state index in [2.05, 4.69) is 24.9 Å². The number of hydrogen-bond donors (Lipinski definition) is 3. The number of methoxy groups -OCH3 is 1. The molecule has 0 unspecified atom stereocenters. The second kappa shape index (κ2) is 20.5. The monoisotopic (exact) mass is 780 g/mol. The first-order chi connectivity index (χ1) is 25.8. The van der Waals surface area contributed by atoms with Gasteiger partial charge in [-0.15, -0.1) is 12.3 Å². The molecule has 13 heteroatoms. The molecule has 0 aromatic heterocycles. The molecule has 0 aromatic rings. The third-order valence-electron chi connectivity index (χ3n) is 12.9. The lowest BCUT2D eigenvalue weighted by Gasteiger charge is -2.47. The summed E-state index contributed by atoms with van der Waals surface area (Å²) in [7, 11) is 7.60. The third-order valence-corrected chi connectivity index (χ3v) is 12.9. The third kappa shape index (κ3) is 11.1. The molecule has 0 spiro atoms. The lowest BCUT2D eigenvalue weighted by atomic mass is 9.73. The Morgan fingerprint density at radius 2 is 1.65 bits per heavy atom. The molecular weight excluding hydrogens is 706 g/mol. The molecule has 3 fully saturated rings. The molecule has 13 atom stereocenters. The summed E-state index contributed by atoms with van der Waals surface area (Å²) < 4.78 is 25.2. The van der Waals surface area contributed by atoms with Gasteiger partial charge in [0.1, 0.15) is 29.8 Å². The zero-order valence-electron chi connectivity index (χ0n) is 35.7. The number of cyclic esters (lactones) is 1. The van der Waals surface area contributed by atoms with Crippen LogP contribution < -0.4 is 0 Å². The van der Waals surface area contributed by atoms with Gasteiger partial charge in [-0.05, 0) is 93.3 Å². The van der Waals surface area contributed by atoms with Crippen LogP contribution in [-0.4, -0.2) is 144 Å². The number of carbonyl (C=O) groups excluding carboxylic acids is 2. The Morgan fingerprint density at radius 3 is 2.20 bits per heavy atom. The molecule has 0 amide bonds. The molecule has 3 rings (SSSR count). The van der Waals surface area contributed by atoms with Crippen LogP contribution in [0.3, 0.4) is 0 Å². The fourth-order valence-corrected chi connectivity index (χ4v) is 9.04. The fourth-order valence-electron chi connectivity index (χ4n) is 9.04. The molecule has 1 aliphatic carbocycles. The van der Waals surface area contributed by atoms with Crippen molar-refractivity contribution in [2.45, 2.75) is 179 Å². The van der Waals surface area contributed by atoms with Gasteiger partial charge in [0.05, 0.1) is 29.6 Å². The molecule has 0 aromatic carbocycles. The summed E-state index contributed by atoms with van der Waals surface area (Å²) in [5.74, 6) is -1.97. The van der Waals surface area contributed by atoms with E-state index in [1.54, 1.807) is 27.7 Å². The van der Waals surface area contributed by atoms with Crippen molar-refractivity contribution in [2.75, 3.05) is 34.8 Å². The topological polar surface area (TPSA) is 160 Å². The van der Waals surface area contributed by atoms with Gasteiger partial charge in [-0.25, -0.2) is 0 Å². The Balaban J connectivity index is 2.13. The average Bonchev–Trinajstić information content (AvgIpc) is 3.16. The quantitative estimate of drug-likeness (QED) is 0.119. The number of ether oxygens (including phenoxy) is 4. The Kier molecular flexibility index (Phi) is 17.6. The number of likely N-dealkylation sites (N-methyl/N-ethyl adjacent to an activating group) is 1. The predicted octanol–water partition coefficient (Wildman–Crippen LogP) is 4.18. The van der Waals surface area contributed by atoms with Gasteiger partial charge in [0.25, 0.3) is 0 Å². The van der Waals surface area contributed by atoms with Gasteiger partial charge in [-0.1, -0.05) is 39.8 Å². The standard InChI is InChI=1S/C42H73N3O10/c1-14-17-22-45(12)32-23-26(5)52-40(36(32)47)54-38-28(7)35(46)29(8)39(49)53-33(15-2)42(50,16-3)37(48)27(6)34(25(4)24-41(38,9)51-13)43-55-31-20-18-30(19-21-31)44(10)11/h1,25-33,36-38,40,47-48,50H,15-24H2,2-13H3/b43-34+/t25-,26-,27+,28+,29-,30?,31?,32+,33-,36-,37-,38-,40+,41-,42-/m1/s1. The van der Waals surface area contributed by atoms with Crippen molar-refractivity contribution >= 4 is 17.5 Å². The van der Waals surface area contributed by atoms with E-state index in [0.717, 1.165) is 25.7 Å². The molecule has 3 aliphatic rings. The number of aliphatic hydroxyl groups excluding tert-OH is 2. The molecule has 2 heterocycles. The van der Waals surface area contributed by atoms with Crippen LogP contribution in [-0.2, 0) is 33.4 Å². The van der Waals surface area contributed by atoms with Crippen LogP contribution in [0.2, 0.25) is 0 Å². The number of hydrogen-bond acceptors (Lipinski definition) is 13. The van der Waals surface area contributed by atoms with Crippen molar-refractivity contribution in [1.82, 2.24) is 9.80 Å². The van der Waals surface area contributed by atoms with Crippen molar-refractivity contribution < 1.29 is 48.7 Å². The summed E-state index contributed by atoms with van der Waals surface area (Å²) >= 11 is 0. The number of nitrogens with zero attached hydrogens (tertiary/aromatic N) is 3. The lowest BCUT2D eigenvalue weighted by molar-refractivity contribution is -0.295. The van der Waals surface area contributed by atoms with E-state index >= 15 is 0 Å². The molecule has 0 bridgehead atoms. The number of terminal acetylenes is 1. The summed E-state index contributed by atoms with van der Waals surface area (Å²) in [5, 5.41) is 40.6. The number of Topliss-reactive ketones (excluding diaryl/α,β-unsaturated/α-hetero) is 1. The Bertz CT molecular complexity index is 1320. The van der Waals surface area contributed by atoms with E-state index in [4.69, 9.17) is 35.4 Å². The molecule has 0 radical (unpaired) electrons. The largest absolute Gasteiger partial charge is 0.459 e. The van der Waals surface area contributed by atoms with E-state index in [1.807, 2.05) is 32.7 Å². The fraction of sp³-hybridized carbons (Fsp3) is 0.881. The average molecular weight is 780 g/mol. The second-order valence-corrected chi connectivity index (χ2v) is 17.1. The maximum Gasteiger partial charge on any atom is 0.316 e. The minimum absolute atomic E-state index is 0.0762. The van der Waals surface area contributed by atoms with Crippen molar-refractivity contribution in [3.63, 3.8) is 0 Å². The normalized spacial score (nSPS) is 42.2. The first kappa shape index (κ1) is 47.2. The highest BCUT2D eigenvalue weighted by Crippen LogP contribution is 2.39. The highest BCUT2D eigenvalue weighted by atomic mass is 16.7. The summed E-state index contributed by atoms with van der Waals surface area (Å²) in [4.78, 5) is 38.6. The van der Waals surface area contributed by atoms with Crippen molar-refractivity contribution in [3.8, 4) is 12.3 Å². The van der Waals surface area contributed by atoms with Crippen LogP contribution in [0.1, 0.15) is 113 Å². The van der Waals surface area contributed by atoms with Gasteiger partial charge in [-0.3, -0.25) is 14.5 Å². The van der Waals surface area contributed by atoms with E-state index in [9.17, 15) is 24.9 Å². The first-order valence-corrected chi connectivity index (χ1v) is 20.5. The van der Waals surface area contributed by atoms with Crippen LogP contribution in [0.5, 0.6) is 0 Å². The number of aliphatic hydroxyl groups is 3. The van der Waals surface area contributed by atoms with Crippen LogP contribution in [0.4, 0.5) is 0 Å². The first-order valence-electron chi connectivity index (χ1n) is 20.5. The summed E-state index contributed by atoms with van der Waals surface area (Å²) in [6.07, 6.45) is 4.52. The number of carbonyl (C=O) groups is 2. The summed E-state index contributed by atoms with van der Waals surface area (Å²) in [6.45, 7) is 14.7. The van der Waals surface area contributed by atoms with Crippen LogP contribution >= 0.6 is 0 Å². The number of ketones is 1. The van der Waals surface area contributed by atoms with E-state index in [1.165, 1.54) is 14.0 Å². The number of oxime groups is 1. The number of rotatable bonds is 11. The van der Waals surface area contributed by atoms with E-state index in [-0.39, 0.29) is 37.5 Å². The number of esters is 1. The molecule has 13 nitrogen and oxygen atoms in total. The SMILES string of the molecule is C#CCCN(C)[C@H]1C[C@@H](C)O[C@@H](O[C@@H]2[C@@H](C)C(=O)[C@@H](C)C(=O)O[C@H](CC)[C@](O)(CC)[C@H](O)[C@@H](C)/C(=N/OC3CCC(N(C)C)CC3)[C@H](C)C[C@@]2(C)OC)[C@@H]1O. The smallest absolute Gasteiger partial charge is 0.316 e.